The zero-order chi connectivity index (χ0) is 11.0. The van der Waals surface area contributed by atoms with Gasteiger partial charge in [0.15, 0.2) is 11.5 Å². The van der Waals surface area contributed by atoms with Crippen molar-refractivity contribution in [3.05, 3.63) is 23.7 Å². The van der Waals surface area contributed by atoms with Crippen molar-refractivity contribution in [3.8, 4) is 0 Å². The van der Waals surface area contributed by atoms with Gasteiger partial charge in [-0.25, -0.2) is 0 Å². The highest BCUT2D eigenvalue weighted by atomic mass is 35.5. The number of nitrogens with one attached hydrogen (secondary N) is 1. The number of hydrogen-bond acceptors (Lipinski definition) is 4. The molecule has 0 atom stereocenters. The van der Waals surface area contributed by atoms with Crippen LogP contribution in [0.3, 0.4) is 0 Å². The highest BCUT2D eigenvalue weighted by Gasteiger charge is 2.17. The minimum absolute atomic E-state index is 0. The first-order valence-electron chi connectivity index (χ1n) is 5.74. The van der Waals surface area contributed by atoms with Crippen molar-refractivity contribution in [2.24, 2.45) is 0 Å². The summed E-state index contributed by atoms with van der Waals surface area (Å²) in [5, 5.41) is 16.1. The maximum absolute atomic E-state index is 4.62. The molecule has 0 saturated carbocycles. The lowest BCUT2D eigenvalue weighted by atomic mass is 9.94. The van der Waals surface area contributed by atoms with E-state index in [1.807, 2.05) is 17.5 Å². The third-order valence-electron chi connectivity index (χ3n) is 3.20. The van der Waals surface area contributed by atoms with Crippen LogP contribution < -0.4 is 5.32 Å². The molecule has 0 radical (unpaired) electrons. The number of fused-ring (bicyclic) bond motifs is 1. The average molecular weight is 290 g/mol. The standard InChI is InChI=1S/C11H15N5.2ClH/c1-8-13-14-11-3-2-10(15-16(8)11)9-4-6-12-7-5-9;;/h2-3,9,12H,4-7H2,1H3;2*1H. The molecule has 100 valence electrons. The summed E-state index contributed by atoms with van der Waals surface area (Å²) >= 11 is 0. The summed E-state index contributed by atoms with van der Waals surface area (Å²) in [5.41, 5.74) is 1.99. The first-order chi connectivity index (χ1) is 7.84. The number of aromatic nitrogens is 4. The van der Waals surface area contributed by atoms with E-state index in [-0.39, 0.29) is 24.8 Å². The summed E-state index contributed by atoms with van der Waals surface area (Å²) in [5.74, 6) is 1.43. The van der Waals surface area contributed by atoms with Crippen LogP contribution >= 0.6 is 24.8 Å². The first kappa shape index (κ1) is 15.1. The van der Waals surface area contributed by atoms with Crippen LogP contribution in [0.15, 0.2) is 12.1 Å². The Bertz CT molecular complexity index is 507. The van der Waals surface area contributed by atoms with Gasteiger partial charge in [0.05, 0.1) is 5.69 Å². The Balaban J connectivity index is 0.000000810. The second-order valence-corrected chi connectivity index (χ2v) is 4.30. The Morgan fingerprint density at radius 3 is 2.61 bits per heavy atom. The van der Waals surface area contributed by atoms with E-state index in [4.69, 9.17) is 0 Å². The maximum atomic E-state index is 4.62. The first-order valence-corrected chi connectivity index (χ1v) is 5.74. The van der Waals surface area contributed by atoms with Gasteiger partial charge in [0.25, 0.3) is 0 Å². The molecule has 3 heterocycles. The molecule has 0 aliphatic carbocycles. The molecule has 18 heavy (non-hydrogen) atoms. The molecular weight excluding hydrogens is 273 g/mol. The van der Waals surface area contributed by atoms with Gasteiger partial charge in [-0.15, -0.1) is 35.0 Å². The molecule has 0 bridgehead atoms. The fourth-order valence-corrected chi connectivity index (χ4v) is 2.25. The van der Waals surface area contributed by atoms with E-state index in [1.54, 1.807) is 0 Å². The molecule has 0 unspecified atom stereocenters. The Labute approximate surface area is 118 Å². The van der Waals surface area contributed by atoms with Gasteiger partial charge in [0.1, 0.15) is 0 Å². The highest BCUT2D eigenvalue weighted by Crippen LogP contribution is 2.23. The molecule has 1 fully saturated rings. The molecule has 1 saturated heterocycles. The fourth-order valence-electron chi connectivity index (χ4n) is 2.25. The van der Waals surface area contributed by atoms with Gasteiger partial charge in [0.2, 0.25) is 0 Å². The third-order valence-corrected chi connectivity index (χ3v) is 3.20. The third kappa shape index (κ3) is 2.74. The molecule has 2 aromatic rings. The molecule has 1 aliphatic heterocycles. The normalized spacial score (nSPS) is 16.1. The van der Waals surface area contributed by atoms with Crippen LogP contribution in [0, 0.1) is 6.92 Å². The molecule has 7 heteroatoms. The number of aryl methyl sites for hydroxylation is 1. The average Bonchev–Trinajstić information content (AvgIpc) is 2.72. The summed E-state index contributed by atoms with van der Waals surface area (Å²) in [7, 11) is 0. The zero-order valence-corrected chi connectivity index (χ0v) is 11.8. The van der Waals surface area contributed by atoms with Gasteiger partial charge < -0.3 is 5.32 Å². The fraction of sp³-hybridized carbons (Fsp3) is 0.545. The quantitative estimate of drug-likeness (QED) is 0.869. The molecule has 1 N–H and O–H groups in total. The predicted molar refractivity (Wildman–Crippen MR) is 74.9 cm³/mol. The topological polar surface area (TPSA) is 55.1 Å². The monoisotopic (exact) mass is 289 g/mol. The van der Waals surface area contributed by atoms with E-state index < -0.39 is 0 Å². The summed E-state index contributed by atoms with van der Waals surface area (Å²) in [4.78, 5) is 0. The van der Waals surface area contributed by atoms with Crippen LogP contribution in [0.4, 0.5) is 0 Å². The van der Waals surface area contributed by atoms with E-state index in [0.717, 1.165) is 30.3 Å². The Kier molecular flexibility index (Phi) is 5.31. The van der Waals surface area contributed by atoms with E-state index in [1.165, 1.54) is 12.8 Å². The van der Waals surface area contributed by atoms with E-state index in [0.29, 0.717) is 5.92 Å². The second kappa shape index (κ2) is 6.31. The van der Waals surface area contributed by atoms with Crippen molar-refractivity contribution in [1.29, 1.82) is 0 Å². The van der Waals surface area contributed by atoms with Gasteiger partial charge in [-0.2, -0.15) is 9.61 Å². The molecule has 0 aromatic carbocycles. The predicted octanol–water partition coefficient (Wildman–Crippen LogP) is 1.74. The molecule has 2 aromatic heterocycles. The van der Waals surface area contributed by atoms with Crippen LogP contribution in [0.25, 0.3) is 5.65 Å². The lowest BCUT2D eigenvalue weighted by Gasteiger charge is -2.21. The van der Waals surface area contributed by atoms with Crippen LogP contribution in [0.5, 0.6) is 0 Å². The van der Waals surface area contributed by atoms with Gasteiger partial charge in [-0.05, 0) is 45.0 Å². The van der Waals surface area contributed by atoms with Crippen molar-refractivity contribution in [3.63, 3.8) is 0 Å². The summed E-state index contributed by atoms with van der Waals surface area (Å²) in [6.07, 6.45) is 2.33. The van der Waals surface area contributed by atoms with Gasteiger partial charge >= 0.3 is 0 Å². The van der Waals surface area contributed by atoms with E-state index >= 15 is 0 Å². The van der Waals surface area contributed by atoms with Crippen LogP contribution in [0.1, 0.15) is 30.3 Å². The summed E-state index contributed by atoms with van der Waals surface area (Å²) in [6.45, 7) is 4.11. The molecule has 0 amide bonds. The van der Waals surface area contributed by atoms with Crippen LogP contribution in [0.2, 0.25) is 0 Å². The highest BCUT2D eigenvalue weighted by molar-refractivity contribution is 5.85. The van der Waals surface area contributed by atoms with Crippen molar-refractivity contribution >= 4 is 30.5 Å². The van der Waals surface area contributed by atoms with Gasteiger partial charge in [-0.1, -0.05) is 0 Å². The van der Waals surface area contributed by atoms with Gasteiger partial charge in [0, 0.05) is 5.92 Å². The van der Waals surface area contributed by atoms with E-state index in [2.05, 4.69) is 26.7 Å². The maximum Gasteiger partial charge on any atom is 0.177 e. The van der Waals surface area contributed by atoms with Crippen molar-refractivity contribution in [1.82, 2.24) is 25.1 Å². The molecule has 0 spiro atoms. The lowest BCUT2D eigenvalue weighted by molar-refractivity contribution is 0.449. The zero-order valence-electron chi connectivity index (χ0n) is 10.2. The van der Waals surface area contributed by atoms with Crippen LogP contribution in [-0.2, 0) is 0 Å². The summed E-state index contributed by atoms with van der Waals surface area (Å²) < 4.78 is 1.83. The van der Waals surface area contributed by atoms with Crippen molar-refractivity contribution in [2.45, 2.75) is 25.7 Å². The minimum atomic E-state index is 0. The number of hydrogen-bond donors (Lipinski definition) is 1. The molecule has 1 aliphatic rings. The lowest BCUT2D eigenvalue weighted by Crippen LogP contribution is -2.27. The molecular formula is C11H17Cl2N5. The summed E-state index contributed by atoms with van der Waals surface area (Å²) in [6, 6.07) is 4.09. The Morgan fingerprint density at radius 2 is 1.89 bits per heavy atom. The number of halogens is 2. The molecule has 5 nitrogen and oxygen atoms in total. The number of piperidine rings is 1. The second-order valence-electron chi connectivity index (χ2n) is 4.30. The molecule has 3 rings (SSSR count). The van der Waals surface area contributed by atoms with Gasteiger partial charge in [-0.3, -0.25) is 0 Å². The van der Waals surface area contributed by atoms with Crippen LogP contribution in [-0.4, -0.2) is 32.9 Å². The number of nitrogens with zero attached hydrogens (tertiary/aromatic N) is 4. The SMILES string of the molecule is Cc1nnc2ccc(C3CCNCC3)nn12.Cl.Cl. The Morgan fingerprint density at radius 1 is 1.17 bits per heavy atom. The smallest absolute Gasteiger partial charge is 0.177 e. The van der Waals surface area contributed by atoms with Crippen molar-refractivity contribution < 1.29 is 0 Å². The minimum Gasteiger partial charge on any atom is -0.317 e. The van der Waals surface area contributed by atoms with Crippen molar-refractivity contribution in [2.75, 3.05) is 13.1 Å². The van der Waals surface area contributed by atoms with E-state index in [9.17, 15) is 0 Å². The Hall–Kier alpha value is -0.910. The largest absolute Gasteiger partial charge is 0.317 e. The number of rotatable bonds is 1.